The van der Waals surface area contributed by atoms with Crippen LogP contribution >= 0.6 is 24.0 Å². The summed E-state index contributed by atoms with van der Waals surface area (Å²) >= 11 is 0. The molecule has 0 spiro atoms. The van der Waals surface area contributed by atoms with Crippen molar-refractivity contribution in [2.24, 2.45) is 4.99 Å². The van der Waals surface area contributed by atoms with Gasteiger partial charge in [-0.3, -0.25) is 14.7 Å². The number of guanidine groups is 1. The Balaban J connectivity index is 0.00000306. The number of halogens is 1. The molecular weight excluding hydrogens is 527 g/mol. The summed E-state index contributed by atoms with van der Waals surface area (Å²) in [6.45, 7) is 9.91. The van der Waals surface area contributed by atoms with Crippen molar-refractivity contribution in [3.8, 4) is 0 Å². The van der Waals surface area contributed by atoms with Crippen LogP contribution in [-0.4, -0.2) is 90.5 Å². The number of hydrogen-bond donors (Lipinski definition) is 2. The number of piperazine rings is 1. The zero-order valence-electron chi connectivity index (χ0n) is 19.9. The Kier molecular flexibility index (Phi) is 10.3. The average Bonchev–Trinajstić information content (AvgIpc) is 3.25. The Morgan fingerprint density at radius 2 is 1.79 bits per heavy atom. The molecule has 8 heteroatoms. The van der Waals surface area contributed by atoms with E-state index in [1.165, 1.54) is 22.9 Å². The van der Waals surface area contributed by atoms with Crippen LogP contribution in [0.2, 0.25) is 0 Å². The summed E-state index contributed by atoms with van der Waals surface area (Å²) < 4.78 is 0. The van der Waals surface area contributed by atoms with Crippen molar-refractivity contribution in [2.75, 3.05) is 58.9 Å². The zero-order chi connectivity index (χ0) is 22.2. The van der Waals surface area contributed by atoms with Gasteiger partial charge in [-0.2, -0.15) is 0 Å². The molecule has 2 aromatic rings. The monoisotopic (exact) mass is 566 g/mol. The van der Waals surface area contributed by atoms with Gasteiger partial charge < -0.3 is 20.1 Å². The van der Waals surface area contributed by atoms with Crippen molar-refractivity contribution in [1.29, 1.82) is 0 Å². The molecule has 0 saturated carbocycles. The van der Waals surface area contributed by atoms with E-state index < -0.39 is 0 Å². The highest BCUT2D eigenvalue weighted by molar-refractivity contribution is 14.0. The Labute approximate surface area is 215 Å². The number of rotatable bonds is 7. The molecule has 4 rings (SSSR count). The summed E-state index contributed by atoms with van der Waals surface area (Å²) in [6, 6.07) is 8.48. The highest BCUT2D eigenvalue weighted by Gasteiger charge is 2.24. The second-order valence-electron chi connectivity index (χ2n) is 8.90. The first-order valence-electron chi connectivity index (χ1n) is 12.3. The van der Waals surface area contributed by atoms with Gasteiger partial charge in [-0.15, -0.1) is 24.0 Å². The molecule has 2 aliphatic rings. The molecule has 0 atom stereocenters. The van der Waals surface area contributed by atoms with Gasteiger partial charge in [0.15, 0.2) is 5.96 Å². The number of aromatic nitrogens is 1. The maximum Gasteiger partial charge on any atom is 0.236 e. The van der Waals surface area contributed by atoms with Crippen molar-refractivity contribution < 1.29 is 4.79 Å². The molecule has 2 aliphatic heterocycles. The van der Waals surface area contributed by atoms with Crippen molar-refractivity contribution in [3.63, 3.8) is 0 Å². The summed E-state index contributed by atoms with van der Waals surface area (Å²) in [6.07, 6.45) is 7.76. The molecule has 0 bridgehead atoms. The summed E-state index contributed by atoms with van der Waals surface area (Å²) in [7, 11) is 0. The third-order valence-corrected chi connectivity index (χ3v) is 6.62. The van der Waals surface area contributed by atoms with Crippen LogP contribution in [0.4, 0.5) is 0 Å². The van der Waals surface area contributed by atoms with Crippen molar-refractivity contribution in [3.05, 3.63) is 36.0 Å². The number of aliphatic imine (C=N–C) groups is 1. The van der Waals surface area contributed by atoms with E-state index in [9.17, 15) is 4.79 Å². The van der Waals surface area contributed by atoms with Crippen LogP contribution in [0.3, 0.4) is 0 Å². The van der Waals surface area contributed by atoms with Crippen molar-refractivity contribution >= 4 is 46.7 Å². The van der Waals surface area contributed by atoms with E-state index in [-0.39, 0.29) is 24.0 Å². The van der Waals surface area contributed by atoms with Crippen LogP contribution in [0, 0.1) is 0 Å². The first-order chi connectivity index (χ1) is 15.7. The molecule has 7 nitrogen and oxygen atoms in total. The molecule has 33 heavy (non-hydrogen) atoms. The van der Waals surface area contributed by atoms with Gasteiger partial charge in [0.2, 0.25) is 5.91 Å². The Morgan fingerprint density at radius 3 is 2.55 bits per heavy atom. The first kappa shape index (κ1) is 25.8. The summed E-state index contributed by atoms with van der Waals surface area (Å²) in [5, 5.41) is 4.78. The number of H-pyrrole nitrogens is 1. The van der Waals surface area contributed by atoms with E-state index >= 15 is 0 Å². The molecule has 0 radical (unpaired) electrons. The number of para-hydroxylation sites is 1. The second kappa shape index (κ2) is 13.2. The number of carbonyl (C=O) groups excluding carboxylic acids is 1. The minimum absolute atomic E-state index is 0. The van der Waals surface area contributed by atoms with Gasteiger partial charge in [0.1, 0.15) is 0 Å². The van der Waals surface area contributed by atoms with Gasteiger partial charge in [-0.1, -0.05) is 18.2 Å². The number of aromatic amines is 1. The van der Waals surface area contributed by atoms with Crippen LogP contribution in [0.1, 0.15) is 38.2 Å². The second-order valence-corrected chi connectivity index (χ2v) is 8.90. The van der Waals surface area contributed by atoms with E-state index in [2.05, 4.69) is 62.4 Å². The van der Waals surface area contributed by atoms with Gasteiger partial charge in [-0.05, 0) is 50.7 Å². The van der Waals surface area contributed by atoms with Crippen LogP contribution in [0.15, 0.2) is 35.5 Å². The van der Waals surface area contributed by atoms with E-state index in [4.69, 9.17) is 4.99 Å². The lowest BCUT2D eigenvalue weighted by Crippen LogP contribution is -2.54. The lowest BCUT2D eigenvalue weighted by molar-refractivity contribution is -0.133. The Hall–Kier alpha value is -1.81. The smallest absolute Gasteiger partial charge is 0.236 e. The number of likely N-dealkylation sites (tertiary alicyclic amines) is 1. The predicted molar refractivity (Wildman–Crippen MR) is 146 cm³/mol. The van der Waals surface area contributed by atoms with E-state index in [1.807, 2.05) is 0 Å². The normalized spacial score (nSPS) is 17.8. The Morgan fingerprint density at radius 1 is 1.03 bits per heavy atom. The average molecular weight is 567 g/mol. The predicted octanol–water partition coefficient (Wildman–Crippen LogP) is 3.31. The van der Waals surface area contributed by atoms with Crippen LogP contribution in [-0.2, 0) is 11.2 Å². The Bertz CT molecular complexity index is 899. The van der Waals surface area contributed by atoms with Gasteiger partial charge in [-0.25, -0.2) is 0 Å². The summed E-state index contributed by atoms with van der Waals surface area (Å²) in [5.74, 6) is 1.31. The molecule has 3 heterocycles. The largest absolute Gasteiger partial charge is 0.361 e. The van der Waals surface area contributed by atoms with E-state index in [0.29, 0.717) is 12.5 Å². The van der Waals surface area contributed by atoms with Crippen LogP contribution in [0.25, 0.3) is 10.9 Å². The maximum atomic E-state index is 12.6. The molecule has 2 saturated heterocycles. The van der Waals surface area contributed by atoms with Crippen molar-refractivity contribution in [1.82, 2.24) is 25.0 Å². The molecule has 1 aromatic heterocycles. The quantitative estimate of drug-likeness (QED) is 0.234. The topological polar surface area (TPSA) is 67.0 Å². The minimum Gasteiger partial charge on any atom is -0.361 e. The summed E-state index contributed by atoms with van der Waals surface area (Å²) in [5.41, 5.74) is 2.57. The number of benzene rings is 1. The number of nitrogens with one attached hydrogen (secondary N) is 2. The lowest BCUT2D eigenvalue weighted by atomic mass is 10.1. The fraction of sp³-hybridized carbons (Fsp3) is 0.600. The number of carbonyl (C=O) groups is 1. The lowest BCUT2D eigenvalue weighted by Gasteiger charge is -2.37. The zero-order valence-corrected chi connectivity index (χ0v) is 22.2. The number of hydrogen-bond acceptors (Lipinski definition) is 3. The van der Waals surface area contributed by atoms with Crippen LogP contribution in [0.5, 0.6) is 0 Å². The highest BCUT2D eigenvalue weighted by Crippen LogP contribution is 2.19. The summed E-state index contributed by atoms with van der Waals surface area (Å²) in [4.78, 5) is 27.5. The number of nitrogens with zero attached hydrogens (tertiary/aromatic N) is 4. The first-order valence-corrected chi connectivity index (χ1v) is 12.3. The van der Waals surface area contributed by atoms with Gasteiger partial charge in [0.25, 0.3) is 0 Å². The fourth-order valence-corrected chi connectivity index (χ4v) is 4.77. The number of fused-ring (bicyclic) bond motifs is 1. The third-order valence-electron chi connectivity index (χ3n) is 6.62. The van der Waals surface area contributed by atoms with Gasteiger partial charge in [0.05, 0.1) is 6.54 Å². The number of aryl methyl sites for hydroxylation is 1. The SMILES string of the molecule is CCNC(=NCCCc1c[nH]c2ccccc12)N1CCN(CC(=O)N2CCCCC2)CC1.I. The molecule has 0 unspecified atom stereocenters. The van der Waals surface area contributed by atoms with Gasteiger partial charge in [0, 0.05) is 69.5 Å². The molecule has 0 aliphatic carbocycles. The molecular formula is C25H39IN6O. The van der Waals surface area contributed by atoms with Gasteiger partial charge >= 0.3 is 0 Å². The maximum absolute atomic E-state index is 12.6. The highest BCUT2D eigenvalue weighted by atomic mass is 127. The molecule has 1 amide bonds. The molecule has 1 aromatic carbocycles. The number of amides is 1. The molecule has 2 fully saturated rings. The minimum atomic E-state index is 0. The van der Waals surface area contributed by atoms with E-state index in [1.54, 1.807) is 0 Å². The van der Waals surface area contributed by atoms with Crippen molar-refractivity contribution in [2.45, 2.75) is 39.0 Å². The third kappa shape index (κ3) is 7.09. The van der Waals surface area contributed by atoms with E-state index in [0.717, 1.165) is 84.0 Å². The standard InChI is InChI=1S/C25H38N6O.HI/c1-2-26-25(27-12-8-9-21-19-28-23-11-5-4-10-22(21)23)31-17-15-29(16-18-31)20-24(32)30-13-6-3-7-14-30;/h4-5,10-11,19,28H,2-3,6-9,12-18,20H2,1H3,(H,26,27);1H. The fourth-order valence-electron chi connectivity index (χ4n) is 4.77. The number of piperidine rings is 1. The molecule has 2 N–H and O–H groups in total. The molecule has 182 valence electrons. The van der Waals surface area contributed by atoms with Crippen LogP contribution < -0.4 is 5.32 Å².